The van der Waals surface area contributed by atoms with E-state index in [4.69, 9.17) is 4.74 Å². The van der Waals surface area contributed by atoms with Crippen molar-refractivity contribution in [1.82, 2.24) is 5.32 Å². The molecule has 0 saturated carbocycles. The number of aryl methyl sites for hydroxylation is 2. The molecule has 2 amide bonds. The second-order valence-corrected chi connectivity index (χ2v) is 7.53. The minimum absolute atomic E-state index is 0.227. The Balaban J connectivity index is 1.60. The van der Waals surface area contributed by atoms with Gasteiger partial charge in [0.05, 0.1) is 11.3 Å². The number of rotatable bonds is 8. The molecule has 0 heterocycles. The first-order chi connectivity index (χ1) is 14.9. The lowest BCUT2D eigenvalue weighted by Crippen LogP contribution is -2.32. The third-order valence-corrected chi connectivity index (χ3v) is 5.13. The summed E-state index contributed by atoms with van der Waals surface area (Å²) in [4.78, 5) is 25.3. The highest BCUT2D eigenvalue weighted by molar-refractivity contribution is 6.04. The molecule has 1 atom stereocenters. The van der Waals surface area contributed by atoms with Crippen molar-refractivity contribution in [3.05, 3.63) is 95.1 Å². The van der Waals surface area contributed by atoms with Crippen LogP contribution in [-0.4, -0.2) is 24.5 Å². The molecule has 31 heavy (non-hydrogen) atoms. The Hall–Kier alpha value is -3.60. The quantitative estimate of drug-likeness (QED) is 0.560. The molecule has 0 unspecified atom stereocenters. The topological polar surface area (TPSA) is 67.4 Å². The summed E-state index contributed by atoms with van der Waals surface area (Å²) < 4.78 is 5.79. The van der Waals surface area contributed by atoms with Crippen LogP contribution in [0.4, 0.5) is 5.69 Å². The van der Waals surface area contributed by atoms with Gasteiger partial charge in [-0.2, -0.15) is 0 Å². The lowest BCUT2D eigenvalue weighted by atomic mass is 10.1. The van der Waals surface area contributed by atoms with Gasteiger partial charge in [0.1, 0.15) is 5.75 Å². The van der Waals surface area contributed by atoms with Crippen molar-refractivity contribution in [3.8, 4) is 5.75 Å². The average Bonchev–Trinajstić information content (AvgIpc) is 2.77. The van der Waals surface area contributed by atoms with Crippen molar-refractivity contribution >= 4 is 17.5 Å². The van der Waals surface area contributed by atoms with Crippen LogP contribution in [-0.2, 0) is 11.2 Å². The third kappa shape index (κ3) is 6.19. The molecule has 0 aliphatic heterocycles. The highest BCUT2D eigenvalue weighted by Gasteiger charge is 2.18. The Morgan fingerprint density at radius 1 is 0.903 bits per heavy atom. The molecule has 0 saturated heterocycles. The molecule has 5 nitrogen and oxygen atoms in total. The Morgan fingerprint density at radius 3 is 2.35 bits per heavy atom. The predicted octanol–water partition coefficient (Wildman–Crippen LogP) is 4.68. The van der Waals surface area contributed by atoms with Crippen LogP contribution in [0.3, 0.4) is 0 Å². The Kier molecular flexibility index (Phi) is 7.44. The standard InChI is InChI=1S/C26H28N2O3/c1-18-13-14-22(17-19(18)2)31-20(3)25(29)28-24-12-8-7-11-23(24)26(30)27-16-15-21-9-5-4-6-10-21/h4-14,17,20H,15-16H2,1-3H3,(H,27,30)(H,28,29)/t20-/m0/s1. The number of amides is 2. The van der Waals surface area contributed by atoms with Crippen molar-refractivity contribution in [1.29, 1.82) is 0 Å². The Bertz CT molecular complexity index is 1050. The molecule has 0 aliphatic rings. The summed E-state index contributed by atoms with van der Waals surface area (Å²) in [7, 11) is 0. The summed E-state index contributed by atoms with van der Waals surface area (Å²) >= 11 is 0. The van der Waals surface area contributed by atoms with Crippen LogP contribution in [0.2, 0.25) is 0 Å². The van der Waals surface area contributed by atoms with Gasteiger partial charge in [0.2, 0.25) is 0 Å². The Labute approximate surface area is 183 Å². The largest absolute Gasteiger partial charge is 0.481 e. The number of para-hydroxylation sites is 1. The lowest BCUT2D eigenvalue weighted by molar-refractivity contribution is -0.122. The summed E-state index contributed by atoms with van der Waals surface area (Å²) in [6.45, 7) is 6.22. The molecule has 3 rings (SSSR count). The summed E-state index contributed by atoms with van der Waals surface area (Å²) in [5.41, 5.74) is 4.29. The molecular formula is C26H28N2O3. The van der Waals surface area contributed by atoms with Gasteiger partial charge in [0.25, 0.3) is 11.8 Å². The average molecular weight is 417 g/mol. The molecule has 0 bridgehead atoms. The lowest BCUT2D eigenvalue weighted by Gasteiger charge is -2.17. The van der Waals surface area contributed by atoms with Gasteiger partial charge in [-0.05, 0) is 68.1 Å². The molecule has 160 valence electrons. The monoisotopic (exact) mass is 416 g/mol. The maximum atomic E-state index is 12.7. The number of anilines is 1. The van der Waals surface area contributed by atoms with E-state index < -0.39 is 6.10 Å². The van der Waals surface area contributed by atoms with Crippen molar-refractivity contribution in [2.24, 2.45) is 0 Å². The van der Waals surface area contributed by atoms with Crippen molar-refractivity contribution in [2.45, 2.75) is 33.3 Å². The fourth-order valence-corrected chi connectivity index (χ4v) is 3.13. The maximum Gasteiger partial charge on any atom is 0.265 e. The minimum atomic E-state index is -0.712. The molecular weight excluding hydrogens is 388 g/mol. The van der Waals surface area contributed by atoms with Crippen LogP contribution in [0.1, 0.15) is 34.0 Å². The van der Waals surface area contributed by atoms with Crippen molar-refractivity contribution < 1.29 is 14.3 Å². The first-order valence-corrected chi connectivity index (χ1v) is 10.4. The molecule has 3 aromatic carbocycles. The van der Waals surface area contributed by atoms with Gasteiger partial charge in [0.15, 0.2) is 6.10 Å². The number of nitrogens with one attached hydrogen (secondary N) is 2. The van der Waals surface area contributed by atoms with E-state index in [9.17, 15) is 9.59 Å². The SMILES string of the molecule is Cc1ccc(O[C@@H](C)C(=O)Nc2ccccc2C(=O)NCCc2ccccc2)cc1C. The number of hydrogen-bond donors (Lipinski definition) is 2. The van der Waals surface area contributed by atoms with Crippen LogP contribution < -0.4 is 15.4 Å². The molecule has 0 fully saturated rings. The molecule has 3 aromatic rings. The molecule has 0 aromatic heterocycles. The van der Waals surface area contributed by atoms with E-state index in [1.54, 1.807) is 31.2 Å². The predicted molar refractivity (Wildman–Crippen MR) is 124 cm³/mol. The fraction of sp³-hybridized carbons (Fsp3) is 0.231. The second kappa shape index (κ2) is 10.4. The van der Waals surface area contributed by atoms with Crippen molar-refractivity contribution in [2.75, 3.05) is 11.9 Å². The van der Waals surface area contributed by atoms with E-state index in [1.165, 1.54) is 0 Å². The van der Waals surface area contributed by atoms with E-state index in [1.807, 2.05) is 62.4 Å². The molecule has 2 N–H and O–H groups in total. The van der Waals surface area contributed by atoms with E-state index in [2.05, 4.69) is 10.6 Å². The molecule has 5 heteroatoms. The van der Waals surface area contributed by atoms with Crippen LogP contribution in [0.5, 0.6) is 5.75 Å². The molecule has 0 radical (unpaired) electrons. The maximum absolute atomic E-state index is 12.7. The van der Waals surface area contributed by atoms with E-state index >= 15 is 0 Å². The number of ether oxygens (including phenoxy) is 1. The van der Waals surface area contributed by atoms with E-state index in [0.29, 0.717) is 23.5 Å². The zero-order valence-corrected chi connectivity index (χ0v) is 18.1. The van der Waals surface area contributed by atoms with E-state index in [-0.39, 0.29) is 11.8 Å². The highest BCUT2D eigenvalue weighted by atomic mass is 16.5. The van der Waals surface area contributed by atoms with Gasteiger partial charge in [-0.25, -0.2) is 0 Å². The van der Waals surface area contributed by atoms with Gasteiger partial charge in [-0.1, -0.05) is 48.5 Å². The van der Waals surface area contributed by atoms with Crippen LogP contribution >= 0.6 is 0 Å². The number of benzene rings is 3. The minimum Gasteiger partial charge on any atom is -0.481 e. The Morgan fingerprint density at radius 2 is 1.61 bits per heavy atom. The molecule has 0 spiro atoms. The van der Waals surface area contributed by atoms with Gasteiger partial charge in [-0.15, -0.1) is 0 Å². The third-order valence-electron chi connectivity index (χ3n) is 5.13. The summed E-state index contributed by atoms with van der Waals surface area (Å²) in [5.74, 6) is 0.0926. The second-order valence-electron chi connectivity index (χ2n) is 7.53. The van der Waals surface area contributed by atoms with Gasteiger partial charge in [0, 0.05) is 6.54 Å². The summed E-state index contributed by atoms with van der Waals surface area (Å²) in [6.07, 6.45) is 0.0263. The van der Waals surface area contributed by atoms with Crippen molar-refractivity contribution in [3.63, 3.8) is 0 Å². The first kappa shape index (κ1) is 22.1. The van der Waals surface area contributed by atoms with E-state index in [0.717, 1.165) is 23.1 Å². The molecule has 0 aliphatic carbocycles. The zero-order valence-electron chi connectivity index (χ0n) is 18.1. The first-order valence-electron chi connectivity index (χ1n) is 10.4. The zero-order chi connectivity index (χ0) is 22.2. The van der Waals surface area contributed by atoms with Crippen LogP contribution in [0.25, 0.3) is 0 Å². The van der Waals surface area contributed by atoms with Gasteiger partial charge in [-0.3, -0.25) is 9.59 Å². The van der Waals surface area contributed by atoms with Gasteiger partial charge < -0.3 is 15.4 Å². The van der Waals surface area contributed by atoms with Crippen LogP contribution in [0.15, 0.2) is 72.8 Å². The normalized spacial score (nSPS) is 11.5. The highest BCUT2D eigenvalue weighted by Crippen LogP contribution is 2.19. The summed E-state index contributed by atoms with van der Waals surface area (Å²) in [5, 5.41) is 5.74. The summed E-state index contributed by atoms with van der Waals surface area (Å²) in [6, 6.07) is 22.7. The fourth-order valence-electron chi connectivity index (χ4n) is 3.13. The number of carbonyl (C=O) groups is 2. The van der Waals surface area contributed by atoms with Gasteiger partial charge >= 0.3 is 0 Å². The number of hydrogen-bond acceptors (Lipinski definition) is 3. The smallest absolute Gasteiger partial charge is 0.265 e. The number of carbonyl (C=O) groups excluding carboxylic acids is 2. The van der Waals surface area contributed by atoms with Crippen LogP contribution in [0, 0.1) is 13.8 Å².